The number of nitrogens with zero attached hydrogens (tertiary/aromatic N) is 1. The second kappa shape index (κ2) is 6.76. The fourth-order valence-electron chi connectivity index (χ4n) is 2.80. The first-order valence-corrected chi connectivity index (χ1v) is 7.76. The van der Waals surface area contributed by atoms with E-state index in [1.807, 2.05) is 13.0 Å². The average molecular weight is 323 g/mol. The van der Waals surface area contributed by atoms with E-state index in [4.69, 9.17) is 4.74 Å². The molecule has 3 rings (SSSR count). The summed E-state index contributed by atoms with van der Waals surface area (Å²) in [5, 5.41) is 11.3. The summed E-state index contributed by atoms with van der Waals surface area (Å²) in [6.45, 7) is 2.65. The normalized spacial score (nSPS) is 18.7. The number of nitro groups is 1. The summed E-state index contributed by atoms with van der Waals surface area (Å²) >= 11 is 0. The van der Waals surface area contributed by atoms with Crippen LogP contribution in [0.25, 0.3) is 6.08 Å². The van der Waals surface area contributed by atoms with E-state index in [1.54, 1.807) is 42.5 Å². The Balaban J connectivity index is 2.04. The molecule has 2 aromatic carbocycles. The van der Waals surface area contributed by atoms with E-state index >= 15 is 0 Å². The highest BCUT2D eigenvalue weighted by atomic mass is 16.6. The lowest BCUT2D eigenvalue weighted by atomic mass is 9.98. The molecular formula is C19H17NO4. The van der Waals surface area contributed by atoms with Gasteiger partial charge in [0.15, 0.2) is 5.78 Å². The maximum atomic E-state index is 12.7. The molecule has 2 aromatic rings. The average Bonchev–Trinajstić information content (AvgIpc) is 2.99. The minimum atomic E-state index is -0.519. The van der Waals surface area contributed by atoms with Gasteiger partial charge < -0.3 is 4.74 Å². The highest BCUT2D eigenvalue weighted by Gasteiger charge is 2.22. The monoisotopic (exact) mass is 323 g/mol. The van der Waals surface area contributed by atoms with E-state index in [1.165, 1.54) is 6.07 Å². The number of hydrogen-bond donors (Lipinski definition) is 0. The van der Waals surface area contributed by atoms with Crippen molar-refractivity contribution in [3.63, 3.8) is 0 Å². The smallest absolute Gasteiger partial charge is 0.280 e. The van der Waals surface area contributed by atoms with Crippen LogP contribution in [0.3, 0.4) is 0 Å². The van der Waals surface area contributed by atoms with Gasteiger partial charge in [0, 0.05) is 11.6 Å². The van der Waals surface area contributed by atoms with Crippen LogP contribution in [0.1, 0.15) is 34.8 Å². The molecule has 1 heterocycles. The van der Waals surface area contributed by atoms with Crippen molar-refractivity contribution in [2.75, 3.05) is 6.61 Å². The first-order valence-electron chi connectivity index (χ1n) is 7.76. The molecule has 1 unspecified atom stereocenters. The third-order valence-electron chi connectivity index (χ3n) is 4.13. The van der Waals surface area contributed by atoms with Gasteiger partial charge in [0.05, 0.1) is 17.6 Å². The van der Waals surface area contributed by atoms with Crippen molar-refractivity contribution in [2.45, 2.75) is 19.4 Å². The van der Waals surface area contributed by atoms with Gasteiger partial charge in [0.25, 0.3) is 5.69 Å². The van der Waals surface area contributed by atoms with Gasteiger partial charge in [-0.2, -0.15) is 0 Å². The van der Waals surface area contributed by atoms with Gasteiger partial charge in [-0.15, -0.1) is 0 Å². The van der Waals surface area contributed by atoms with Crippen LogP contribution in [0.4, 0.5) is 5.69 Å². The summed E-state index contributed by atoms with van der Waals surface area (Å²) in [6, 6.07) is 13.2. The molecule has 0 amide bonds. The van der Waals surface area contributed by atoms with E-state index in [0.717, 1.165) is 17.6 Å². The summed E-state index contributed by atoms with van der Waals surface area (Å²) in [4.78, 5) is 23.4. The van der Waals surface area contributed by atoms with Gasteiger partial charge in [0.2, 0.25) is 0 Å². The molecule has 1 aliphatic heterocycles. The van der Waals surface area contributed by atoms with Gasteiger partial charge in [0.1, 0.15) is 5.56 Å². The number of carbonyl (C=O) groups is 1. The van der Waals surface area contributed by atoms with Crippen molar-refractivity contribution in [3.05, 3.63) is 80.9 Å². The van der Waals surface area contributed by atoms with Crippen molar-refractivity contribution in [3.8, 4) is 0 Å². The molecule has 5 heteroatoms. The number of ketones is 1. The summed E-state index contributed by atoms with van der Waals surface area (Å²) in [6.07, 6.45) is 2.82. The molecule has 1 fully saturated rings. The fourth-order valence-corrected chi connectivity index (χ4v) is 2.80. The molecule has 1 aliphatic rings. The number of benzene rings is 2. The Morgan fingerprint density at radius 3 is 2.62 bits per heavy atom. The standard InChI is InChI=1S/C19H17NO4/c1-13-16(9-10-24-13)11-14-7-8-18(20(22)23)17(12-14)19(21)15-5-3-2-4-6-15/h2-8,11-13H,9-10H2,1H3. The highest BCUT2D eigenvalue weighted by Crippen LogP contribution is 2.27. The Hall–Kier alpha value is -2.79. The fraction of sp³-hybridized carbons (Fsp3) is 0.211. The molecule has 1 saturated heterocycles. The van der Waals surface area contributed by atoms with Crippen LogP contribution < -0.4 is 0 Å². The van der Waals surface area contributed by atoms with Crippen LogP contribution >= 0.6 is 0 Å². The zero-order valence-corrected chi connectivity index (χ0v) is 13.3. The zero-order valence-electron chi connectivity index (χ0n) is 13.3. The molecule has 0 spiro atoms. The maximum absolute atomic E-state index is 12.7. The lowest BCUT2D eigenvalue weighted by Gasteiger charge is -2.07. The zero-order chi connectivity index (χ0) is 17.1. The molecule has 0 bridgehead atoms. The third-order valence-corrected chi connectivity index (χ3v) is 4.13. The van der Waals surface area contributed by atoms with Crippen LogP contribution in [-0.4, -0.2) is 23.4 Å². The van der Waals surface area contributed by atoms with E-state index in [2.05, 4.69) is 0 Å². The molecule has 0 N–H and O–H groups in total. The summed E-state index contributed by atoms with van der Waals surface area (Å²) < 4.78 is 5.50. The number of hydrogen-bond acceptors (Lipinski definition) is 4. The second-order valence-corrected chi connectivity index (χ2v) is 5.71. The molecule has 0 aromatic heterocycles. The number of nitro benzene ring substituents is 1. The van der Waals surface area contributed by atoms with Crippen LogP contribution in [0, 0.1) is 10.1 Å². The van der Waals surface area contributed by atoms with Gasteiger partial charge in [-0.3, -0.25) is 14.9 Å². The van der Waals surface area contributed by atoms with Crippen LogP contribution in [-0.2, 0) is 4.74 Å². The number of rotatable bonds is 4. The minimum absolute atomic E-state index is 0.0356. The van der Waals surface area contributed by atoms with Crippen LogP contribution in [0.2, 0.25) is 0 Å². The Bertz CT molecular complexity index is 811. The lowest BCUT2D eigenvalue weighted by Crippen LogP contribution is -2.06. The molecule has 0 aliphatic carbocycles. The quantitative estimate of drug-likeness (QED) is 0.484. The Morgan fingerprint density at radius 2 is 2.00 bits per heavy atom. The highest BCUT2D eigenvalue weighted by molar-refractivity contribution is 6.11. The maximum Gasteiger partial charge on any atom is 0.280 e. The molecule has 0 saturated carbocycles. The Labute approximate surface area is 139 Å². The predicted octanol–water partition coefficient (Wildman–Crippen LogP) is 4.02. The minimum Gasteiger partial charge on any atom is -0.374 e. The van der Waals surface area contributed by atoms with Crippen LogP contribution in [0.5, 0.6) is 0 Å². The lowest BCUT2D eigenvalue weighted by molar-refractivity contribution is -0.385. The van der Waals surface area contributed by atoms with E-state index < -0.39 is 4.92 Å². The molecule has 24 heavy (non-hydrogen) atoms. The molecule has 122 valence electrons. The molecule has 0 radical (unpaired) electrons. The molecule has 1 atom stereocenters. The summed E-state index contributed by atoms with van der Waals surface area (Å²) in [5.41, 5.74) is 2.26. The second-order valence-electron chi connectivity index (χ2n) is 5.71. The van der Waals surface area contributed by atoms with Crippen molar-refractivity contribution >= 4 is 17.5 Å². The van der Waals surface area contributed by atoms with Crippen LogP contribution in [0.15, 0.2) is 54.1 Å². The Kier molecular flexibility index (Phi) is 4.53. The van der Waals surface area contributed by atoms with Gasteiger partial charge in [-0.25, -0.2) is 0 Å². The van der Waals surface area contributed by atoms with Crippen molar-refractivity contribution in [1.29, 1.82) is 0 Å². The number of carbonyl (C=O) groups excluding carboxylic acids is 1. The van der Waals surface area contributed by atoms with Crippen molar-refractivity contribution in [1.82, 2.24) is 0 Å². The van der Waals surface area contributed by atoms with E-state index in [9.17, 15) is 14.9 Å². The van der Waals surface area contributed by atoms with E-state index in [-0.39, 0.29) is 23.1 Å². The SMILES string of the molecule is CC1OCCC1=Cc1ccc([N+](=O)[O-])c(C(=O)c2ccccc2)c1. The molecule has 5 nitrogen and oxygen atoms in total. The van der Waals surface area contributed by atoms with Gasteiger partial charge in [-0.1, -0.05) is 36.4 Å². The first-order chi connectivity index (χ1) is 11.6. The van der Waals surface area contributed by atoms with Gasteiger partial charge >= 0.3 is 0 Å². The first kappa shape index (κ1) is 16.1. The molecular weight excluding hydrogens is 306 g/mol. The number of ether oxygens (including phenoxy) is 1. The van der Waals surface area contributed by atoms with E-state index in [0.29, 0.717) is 12.2 Å². The summed E-state index contributed by atoms with van der Waals surface area (Å²) in [7, 11) is 0. The topological polar surface area (TPSA) is 69.4 Å². The van der Waals surface area contributed by atoms with Crippen molar-refractivity contribution < 1.29 is 14.5 Å². The van der Waals surface area contributed by atoms with Gasteiger partial charge in [-0.05, 0) is 36.6 Å². The predicted molar refractivity (Wildman–Crippen MR) is 91.0 cm³/mol. The summed E-state index contributed by atoms with van der Waals surface area (Å²) in [5.74, 6) is -0.349. The third kappa shape index (κ3) is 3.26. The Morgan fingerprint density at radius 1 is 1.25 bits per heavy atom. The largest absolute Gasteiger partial charge is 0.374 e. The van der Waals surface area contributed by atoms with Crippen molar-refractivity contribution in [2.24, 2.45) is 0 Å².